The predicted octanol–water partition coefficient (Wildman–Crippen LogP) is 1.14. The second-order valence-electron chi connectivity index (χ2n) is 3.79. The minimum absolute atomic E-state index is 0.114. The van der Waals surface area contributed by atoms with Crippen LogP contribution in [0.25, 0.3) is 0 Å². The molecule has 1 aromatic heterocycles. The van der Waals surface area contributed by atoms with Gasteiger partial charge in [0.1, 0.15) is 5.82 Å². The fourth-order valence-electron chi connectivity index (χ4n) is 1.43. The van der Waals surface area contributed by atoms with Gasteiger partial charge in [-0.15, -0.1) is 0 Å². The van der Waals surface area contributed by atoms with Gasteiger partial charge in [0.05, 0.1) is 10.1 Å². The largest absolute Gasteiger partial charge is 0.297 e. The van der Waals surface area contributed by atoms with Crippen LogP contribution >= 0.6 is 22.6 Å². The fraction of sp³-hybridized carbons (Fsp3) is 0.500. The van der Waals surface area contributed by atoms with Crippen molar-refractivity contribution in [1.82, 2.24) is 9.55 Å². The number of carbonyl (C=O) groups is 1. The van der Waals surface area contributed by atoms with Crippen LogP contribution in [0.15, 0.2) is 11.0 Å². The topological polar surface area (TPSA) is 52.0 Å². The third-order valence-electron chi connectivity index (χ3n) is 2.55. The lowest BCUT2D eigenvalue weighted by atomic mass is 10.2. The molecule has 15 heavy (non-hydrogen) atoms. The molecule has 0 radical (unpaired) electrons. The number of rotatable bonds is 3. The number of carbonyl (C=O) groups excluding carboxylic acids is 1. The lowest BCUT2D eigenvalue weighted by molar-refractivity contribution is -0.120. The molecule has 4 nitrogen and oxygen atoms in total. The van der Waals surface area contributed by atoms with E-state index in [-0.39, 0.29) is 23.8 Å². The Kier molecular flexibility index (Phi) is 2.90. The van der Waals surface area contributed by atoms with Crippen LogP contribution in [0.2, 0.25) is 0 Å². The highest BCUT2D eigenvalue weighted by Crippen LogP contribution is 2.30. The molecule has 0 atom stereocenters. The molecule has 2 rings (SSSR count). The number of hydrogen-bond donors (Lipinski definition) is 0. The smallest absolute Gasteiger partial charge is 0.267 e. The zero-order chi connectivity index (χ0) is 11.0. The molecule has 0 saturated heterocycles. The molecule has 0 aromatic carbocycles. The molecule has 0 bridgehead atoms. The highest BCUT2D eigenvalue weighted by atomic mass is 127. The normalized spacial score (nSPS) is 15.3. The SMILES string of the molecule is Cc1ncc(I)c(=O)n1CC(=O)C1CC1. The zero-order valence-corrected chi connectivity index (χ0v) is 10.5. The van der Waals surface area contributed by atoms with Crippen LogP contribution < -0.4 is 5.56 Å². The standard InChI is InChI=1S/C10H11IN2O2/c1-6-12-4-8(11)10(15)13(6)5-9(14)7-2-3-7/h4,7H,2-3,5H2,1H3. The van der Waals surface area contributed by atoms with Crippen molar-refractivity contribution >= 4 is 28.4 Å². The Morgan fingerprint density at radius 1 is 1.67 bits per heavy atom. The highest BCUT2D eigenvalue weighted by Gasteiger charge is 2.29. The number of nitrogens with zero attached hydrogens (tertiary/aromatic N) is 2. The maximum absolute atomic E-state index is 11.7. The van der Waals surface area contributed by atoms with Gasteiger partial charge in [-0.1, -0.05) is 0 Å². The molecule has 1 aliphatic carbocycles. The Bertz CT molecular complexity index is 463. The van der Waals surface area contributed by atoms with Crippen molar-refractivity contribution in [2.75, 3.05) is 0 Å². The Labute approximate surface area is 101 Å². The predicted molar refractivity (Wildman–Crippen MR) is 63.7 cm³/mol. The first-order valence-electron chi connectivity index (χ1n) is 4.84. The van der Waals surface area contributed by atoms with Crippen molar-refractivity contribution in [2.45, 2.75) is 26.3 Å². The Morgan fingerprint density at radius 2 is 2.33 bits per heavy atom. The maximum atomic E-state index is 11.7. The number of halogens is 1. The van der Waals surface area contributed by atoms with Gasteiger partial charge in [0.25, 0.3) is 5.56 Å². The summed E-state index contributed by atoms with van der Waals surface area (Å²) < 4.78 is 2.02. The van der Waals surface area contributed by atoms with Gasteiger partial charge in [-0.05, 0) is 42.4 Å². The monoisotopic (exact) mass is 318 g/mol. The second-order valence-corrected chi connectivity index (χ2v) is 4.95. The third-order valence-corrected chi connectivity index (χ3v) is 3.29. The number of ketones is 1. The second kappa shape index (κ2) is 4.03. The van der Waals surface area contributed by atoms with Crippen LogP contribution in [0.5, 0.6) is 0 Å². The molecular formula is C10H11IN2O2. The molecule has 1 aliphatic rings. The molecule has 0 unspecified atom stereocenters. The van der Waals surface area contributed by atoms with Crippen molar-refractivity contribution in [1.29, 1.82) is 0 Å². The lowest BCUT2D eigenvalue weighted by Crippen LogP contribution is -2.29. The number of Topliss-reactive ketones (excluding diaryl/α,β-unsaturated/α-hetero) is 1. The van der Waals surface area contributed by atoms with Crippen molar-refractivity contribution in [2.24, 2.45) is 5.92 Å². The molecule has 0 spiro atoms. The van der Waals surface area contributed by atoms with Crippen molar-refractivity contribution in [3.8, 4) is 0 Å². The summed E-state index contributed by atoms with van der Waals surface area (Å²) >= 11 is 1.94. The summed E-state index contributed by atoms with van der Waals surface area (Å²) in [5.41, 5.74) is -0.114. The van der Waals surface area contributed by atoms with Crippen LogP contribution in [0, 0.1) is 16.4 Å². The third kappa shape index (κ3) is 2.27. The molecule has 1 fully saturated rings. The summed E-state index contributed by atoms with van der Waals surface area (Å²) in [6.45, 7) is 1.93. The molecule has 5 heteroatoms. The fourth-order valence-corrected chi connectivity index (χ4v) is 1.86. The van der Waals surface area contributed by atoms with Gasteiger partial charge in [0, 0.05) is 12.1 Å². The minimum Gasteiger partial charge on any atom is -0.297 e. The van der Waals surface area contributed by atoms with E-state index < -0.39 is 0 Å². The van der Waals surface area contributed by atoms with E-state index in [4.69, 9.17) is 0 Å². The van der Waals surface area contributed by atoms with Gasteiger partial charge in [-0.25, -0.2) is 4.98 Å². The zero-order valence-electron chi connectivity index (χ0n) is 8.36. The number of aryl methyl sites for hydroxylation is 1. The first-order chi connectivity index (χ1) is 7.09. The van der Waals surface area contributed by atoms with E-state index >= 15 is 0 Å². The van der Waals surface area contributed by atoms with E-state index in [2.05, 4.69) is 4.98 Å². The van der Waals surface area contributed by atoms with Crippen LogP contribution in [-0.4, -0.2) is 15.3 Å². The summed E-state index contributed by atoms with van der Waals surface area (Å²) in [7, 11) is 0. The van der Waals surface area contributed by atoms with Gasteiger partial charge in [0.2, 0.25) is 0 Å². The first kappa shape index (κ1) is 10.8. The molecular weight excluding hydrogens is 307 g/mol. The number of hydrogen-bond acceptors (Lipinski definition) is 3. The Balaban J connectivity index is 2.30. The van der Waals surface area contributed by atoms with E-state index in [1.165, 1.54) is 10.8 Å². The molecule has 0 aliphatic heterocycles. The van der Waals surface area contributed by atoms with E-state index in [0.29, 0.717) is 9.39 Å². The van der Waals surface area contributed by atoms with Crippen LogP contribution in [0.3, 0.4) is 0 Å². The summed E-state index contributed by atoms with van der Waals surface area (Å²) in [6, 6.07) is 0. The van der Waals surface area contributed by atoms with E-state index in [1.807, 2.05) is 22.6 Å². The molecule has 1 aromatic rings. The summed E-state index contributed by atoms with van der Waals surface area (Å²) in [5.74, 6) is 0.951. The first-order valence-corrected chi connectivity index (χ1v) is 5.92. The van der Waals surface area contributed by atoms with Crippen LogP contribution in [0.4, 0.5) is 0 Å². The number of aromatic nitrogens is 2. The Morgan fingerprint density at radius 3 is 2.93 bits per heavy atom. The van der Waals surface area contributed by atoms with Gasteiger partial charge < -0.3 is 0 Å². The summed E-state index contributed by atoms with van der Waals surface area (Å²) in [5, 5.41) is 0. The summed E-state index contributed by atoms with van der Waals surface area (Å²) in [6.07, 6.45) is 3.49. The Hall–Kier alpha value is -0.720. The molecule has 0 amide bonds. The van der Waals surface area contributed by atoms with Gasteiger partial charge in [-0.3, -0.25) is 14.2 Å². The average Bonchev–Trinajstić information content (AvgIpc) is 3.02. The lowest BCUT2D eigenvalue weighted by Gasteiger charge is -2.07. The van der Waals surface area contributed by atoms with Crippen LogP contribution in [-0.2, 0) is 11.3 Å². The highest BCUT2D eigenvalue weighted by molar-refractivity contribution is 14.1. The van der Waals surface area contributed by atoms with Gasteiger partial charge in [-0.2, -0.15) is 0 Å². The van der Waals surface area contributed by atoms with Crippen molar-refractivity contribution < 1.29 is 4.79 Å². The van der Waals surface area contributed by atoms with Crippen molar-refractivity contribution in [3.63, 3.8) is 0 Å². The van der Waals surface area contributed by atoms with E-state index in [9.17, 15) is 9.59 Å². The van der Waals surface area contributed by atoms with E-state index in [1.54, 1.807) is 6.92 Å². The maximum Gasteiger partial charge on any atom is 0.267 e. The molecule has 80 valence electrons. The average molecular weight is 318 g/mol. The molecule has 1 saturated carbocycles. The molecule has 1 heterocycles. The van der Waals surface area contributed by atoms with Crippen molar-refractivity contribution in [3.05, 3.63) is 25.9 Å². The van der Waals surface area contributed by atoms with Crippen LogP contribution in [0.1, 0.15) is 18.7 Å². The summed E-state index contributed by atoms with van der Waals surface area (Å²) in [4.78, 5) is 27.4. The van der Waals surface area contributed by atoms with Gasteiger partial charge >= 0.3 is 0 Å². The van der Waals surface area contributed by atoms with Gasteiger partial charge in [0.15, 0.2) is 5.78 Å². The van der Waals surface area contributed by atoms with E-state index in [0.717, 1.165) is 12.8 Å². The minimum atomic E-state index is -0.114. The quantitative estimate of drug-likeness (QED) is 0.785. The molecule has 0 N–H and O–H groups in total.